The summed E-state index contributed by atoms with van der Waals surface area (Å²) in [6, 6.07) is 0. The van der Waals surface area contributed by atoms with Crippen LogP contribution < -0.4 is 5.84 Å². The highest BCUT2D eigenvalue weighted by Crippen LogP contribution is 2.03. The third kappa shape index (κ3) is 2.38. The number of carbonyl (C=O) groups excluding carboxylic acids is 1. The van der Waals surface area contributed by atoms with Crippen LogP contribution in [0.15, 0.2) is 11.3 Å². The predicted molar refractivity (Wildman–Crippen MR) is 38.1 cm³/mol. The van der Waals surface area contributed by atoms with E-state index in [-0.39, 0.29) is 12.1 Å². The molecule has 0 radical (unpaired) electrons. The molecule has 0 fully saturated rings. The van der Waals surface area contributed by atoms with Crippen molar-refractivity contribution in [3.8, 4) is 0 Å². The second-order valence-electron chi connectivity index (χ2n) is 2.17. The maximum absolute atomic E-state index is 10.4. The third-order valence-electron chi connectivity index (χ3n) is 1.05. The predicted octanol–water partition coefficient (Wildman–Crippen LogP) is -0.303. The van der Waals surface area contributed by atoms with Crippen LogP contribution in [0.4, 0.5) is 0 Å². The fraction of sp³-hybridized carbons (Fsp3) is 0.333. The summed E-state index contributed by atoms with van der Waals surface area (Å²) >= 11 is 0. The van der Waals surface area contributed by atoms with Crippen LogP contribution in [0, 0.1) is 0 Å². The van der Waals surface area contributed by atoms with Gasteiger partial charge in [-0.1, -0.05) is 0 Å². The molecule has 0 spiro atoms. The van der Waals surface area contributed by atoms with Gasteiger partial charge in [-0.2, -0.15) is 0 Å². The molecule has 5 heteroatoms. The van der Waals surface area contributed by atoms with Crippen LogP contribution in [0.5, 0.6) is 0 Å². The zero-order chi connectivity index (χ0) is 9.02. The van der Waals surface area contributed by atoms with Gasteiger partial charge in [-0.25, -0.2) is 15.6 Å². The molecule has 0 aromatic carbocycles. The van der Waals surface area contributed by atoms with E-state index in [1.165, 1.54) is 0 Å². The lowest BCUT2D eigenvalue weighted by atomic mass is 10.2. The Morgan fingerprint density at radius 1 is 1.55 bits per heavy atom. The van der Waals surface area contributed by atoms with Crippen molar-refractivity contribution in [1.29, 1.82) is 0 Å². The molecule has 11 heavy (non-hydrogen) atoms. The molecule has 0 saturated heterocycles. The van der Waals surface area contributed by atoms with Gasteiger partial charge in [0.15, 0.2) is 0 Å². The van der Waals surface area contributed by atoms with Crippen LogP contribution in [0.2, 0.25) is 0 Å². The van der Waals surface area contributed by atoms with Gasteiger partial charge in [-0.15, -0.1) is 0 Å². The van der Waals surface area contributed by atoms with Crippen molar-refractivity contribution >= 4 is 12.4 Å². The van der Waals surface area contributed by atoms with E-state index >= 15 is 0 Å². The Balaban J connectivity index is 4.77. The Bertz CT molecular complexity index is 206. The lowest BCUT2D eigenvalue weighted by Crippen LogP contribution is -2.33. The Labute approximate surface area is 64.1 Å². The summed E-state index contributed by atoms with van der Waals surface area (Å²) in [4.78, 5) is 20.5. The van der Waals surface area contributed by atoms with Crippen molar-refractivity contribution in [2.45, 2.75) is 13.8 Å². The van der Waals surface area contributed by atoms with Crippen molar-refractivity contribution in [3.63, 3.8) is 0 Å². The highest BCUT2D eigenvalue weighted by molar-refractivity contribution is 5.88. The minimum Gasteiger partial charge on any atom is -0.477 e. The standard InChI is InChI=1S/C6H10N2O3/c1-4(2)5(6(10)11)8(7)3-9/h3H,7H2,1-2H3,(H,10,11). The van der Waals surface area contributed by atoms with Gasteiger partial charge in [0.25, 0.3) is 0 Å². The number of nitrogens with zero attached hydrogens (tertiary/aromatic N) is 1. The number of hydrazine groups is 1. The van der Waals surface area contributed by atoms with Crippen LogP contribution in [0.3, 0.4) is 0 Å². The van der Waals surface area contributed by atoms with Crippen LogP contribution in [-0.2, 0) is 9.59 Å². The summed E-state index contributed by atoms with van der Waals surface area (Å²) in [6.07, 6.45) is 0.246. The molecule has 0 rings (SSSR count). The van der Waals surface area contributed by atoms with E-state index in [1.54, 1.807) is 13.8 Å². The van der Waals surface area contributed by atoms with Crippen molar-refractivity contribution < 1.29 is 14.7 Å². The molecule has 0 aromatic heterocycles. The number of aliphatic carboxylic acids is 1. The molecule has 0 saturated carbocycles. The minimum absolute atomic E-state index is 0.194. The normalized spacial score (nSPS) is 8.64. The highest BCUT2D eigenvalue weighted by atomic mass is 16.4. The number of rotatable bonds is 3. The average molecular weight is 158 g/mol. The number of allylic oxidation sites excluding steroid dienone is 1. The number of amides is 1. The van der Waals surface area contributed by atoms with Gasteiger partial charge in [0.05, 0.1) is 0 Å². The van der Waals surface area contributed by atoms with Crippen LogP contribution in [0.1, 0.15) is 13.8 Å². The Hall–Kier alpha value is -1.36. The van der Waals surface area contributed by atoms with Gasteiger partial charge in [0, 0.05) is 0 Å². The van der Waals surface area contributed by atoms with Crippen LogP contribution >= 0.6 is 0 Å². The summed E-state index contributed by atoms with van der Waals surface area (Å²) in [6.45, 7) is 3.12. The summed E-state index contributed by atoms with van der Waals surface area (Å²) in [5.74, 6) is 3.84. The SMILES string of the molecule is CC(C)=C(C(=O)O)N(N)C=O. The van der Waals surface area contributed by atoms with Crippen molar-refractivity contribution in [3.05, 3.63) is 11.3 Å². The Morgan fingerprint density at radius 2 is 2.00 bits per heavy atom. The summed E-state index contributed by atoms with van der Waals surface area (Å²) in [5.41, 5.74) is 0.284. The largest absolute Gasteiger partial charge is 0.477 e. The summed E-state index contributed by atoms with van der Waals surface area (Å²) in [7, 11) is 0. The fourth-order valence-corrected chi connectivity index (χ4v) is 0.635. The number of nitrogens with two attached hydrogens (primary N) is 1. The fourth-order valence-electron chi connectivity index (χ4n) is 0.635. The molecule has 0 heterocycles. The molecule has 0 aliphatic carbocycles. The van der Waals surface area contributed by atoms with Crippen molar-refractivity contribution in [2.24, 2.45) is 5.84 Å². The molecule has 0 atom stereocenters. The molecule has 1 amide bonds. The Morgan fingerprint density at radius 3 is 2.09 bits per heavy atom. The zero-order valence-electron chi connectivity index (χ0n) is 6.37. The first kappa shape index (κ1) is 9.64. The second kappa shape index (κ2) is 3.72. The topological polar surface area (TPSA) is 83.6 Å². The van der Waals surface area contributed by atoms with Crippen LogP contribution in [0.25, 0.3) is 0 Å². The maximum atomic E-state index is 10.4. The number of carboxylic acid groups (broad SMARTS) is 1. The monoisotopic (exact) mass is 158 g/mol. The number of carbonyl (C=O) groups is 2. The number of hydrogen-bond acceptors (Lipinski definition) is 3. The number of hydrogen-bond donors (Lipinski definition) is 2. The first-order valence-electron chi connectivity index (χ1n) is 2.90. The first-order chi connectivity index (χ1) is 5.00. The minimum atomic E-state index is -1.21. The molecular formula is C6H10N2O3. The van der Waals surface area contributed by atoms with Gasteiger partial charge < -0.3 is 5.11 Å². The Kier molecular flexibility index (Phi) is 3.26. The first-order valence-corrected chi connectivity index (χ1v) is 2.90. The molecule has 0 bridgehead atoms. The highest BCUT2D eigenvalue weighted by Gasteiger charge is 2.13. The van der Waals surface area contributed by atoms with E-state index in [2.05, 4.69) is 0 Å². The maximum Gasteiger partial charge on any atom is 0.354 e. The lowest BCUT2D eigenvalue weighted by molar-refractivity contribution is -0.136. The smallest absolute Gasteiger partial charge is 0.354 e. The quantitative estimate of drug-likeness (QED) is 0.194. The summed E-state index contributed by atoms with van der Waals surface area (Å²) < 4.78 is 0. The van der Waals surface area contributed by atoms with E-state index in [0.29, 0.717) is 10.6 Å². The van der Waals surface area contributed by atoms with Crippen molar-refractivity contribution in [2.75, 3.05) is 0 Å². The molecule has 0 aliphatic rings. The second-order valence-corrected chi connectivity index (χ2v) is 2.17. The van der Waals surface area contributed by atoms with Gasteiger partial charge >= 0.3 is 5.97 Å². The molecule has 0 unspecified atom stereocenters. The molecule has 0 aliphatic heterocycles. The van der Waals surface area contributed by atoms with Gasteiger partial charge in [-0.05, 0) is 19.4 Å². The van der Waals surface area contributed by atoms with Gasteiger partial charge in [-0.3, -0.25) is 4.79 Å². The molecule has 62 valence electrons. The molecule has 3 N–H and O–H groups in total. The van der Waals surface area contributed by atoms with Crippen molar-refractivity contribution in [1.82, 2.24) is 5.01 Å². The van der Waals surface area contributed by atoms with E-state index < -0.39 is 5.97 Å². The van der Waals surface area contributed by atoms with Crippen LogP contribution in [-0.4, -0.2) is 22.5 Å². The average Bonchev–Trinajstić information content (AvgIpc) is 1.85. The zero-order valence-corrected chi connectivity index (χ0v) is 6.37. The van der Waals surface area contributed by atoms with E-state index in [9.17, 15) is 9.59 Å². The third-order valence-corrected chi connectivity index (χ3v) is 1.05. The van der Waals surface area contributed by atoms with E-state index in [1.807, 2.05) is 0 Å². The molecule has 5 nitrogen and oxygen atoms in total. The molecule has 0 aromatic rings. The number of carboxylic acids is 1. The van der Waals surface area contributed by atoms with E-state index in [0.717, 1.165) is 0 Å². The molecular weight excluding hydrogens is 148 g/mol. The summed E-state index contributed by atoms with van der Waals surface area (Å²) in [5, 5.41) is 9.05. The van der Waals surface area contributed by atoms with Gasteiger partial charge in [0.1, 0.15) is 5.70 Å². The lowest BCUT2D eigenvalue weighted by Gasteiger charge is -2.11. The van der Waals surface area contributed by atoms with Gasteiger partial charge in [0.2, 0.25) is 6.41 Å². The van der Waals surface area contributed by atoms with E-state index in [4.69, 9.17) is 10.9 Å².